The van der Waals surface area contributed by atoms with Crippen molar-refractivity contribution in [2.75, 3.05) is 0 Å². The van der Waals surface area contributed by atoms with Crippen LogP contribution in [0.15, 0.2) is 0 Å². The van der Waals surface area contributed by atoms with Gasteiger partial charge in [0.15, 0.2) is 5.60 Å². The van der Waals surface area contributed by atoms with E-state index in [-0.39, 0.29) is 12.8 Å². The molecule has 11 heavy (non-hydrogen) atoms. The molecule has 0 heterocycles. The molecule has 64 valence electrons. The van der Waals surface area contributed by atoms with E-state index in [0.29, 0.717) is 12.8 Å². The van der Waals surface area contributed by atoms with E-state index < -0.39 is 17.7 Å². The second-order valence-electron chi connectivity index (χ2n) is 3.07. The van der Waals surface area contributed by atoms with Crippen molar-refractivity contribution in [3.05, 3.63) is 0 Å². The molecule has 0 bridgehead atoms. The van der Waals surface area contributed by atoms with Crippen LogP contribution in [0.1, 0.15) is 25.7 Å². The number of aliphatic hydroxyl groups is 2. The Morgan fingerprint density at radius 3 is 2.18 bits per heavy atom. The molecule has 0 saturated heterocycles. The molecule has 0 atom stereocenters. The predicted octanol–water partition coefficient (Wildman–Crippen LogP) is -0.263. The summed E-state index contributed by atoms with van der Waals surface area (Å²) in [5.41, 5.74) is -1.58. The highest BCUT2D eigenvalue weighted by molar-refractivity contribution is 5.77. The quantitative estimate of drug-likeness (QED) is 0.493. The molecule has 0 spiro atoms. The van der Waals surface area contributed by atoms with Crippen molar-refractivity contribution < 1.29 is 20.1 Å². The number of carbonyl (C=O) groups is 1. The number of rotatable bonds is 1. The molecule has 0 aromatic carbocycles. The molecule has 0 radical (unpaired) electrons. The largest absolute Gasteiger partial charge is 0.479 e. The third-order valence-corrected chi connectivity index (χ3v) is 2.18. The van der Waals surface area contributed by atoms with Gasteiger partial charge in [0.25, 0.3) is 0 Å². The molecule has 1 aliphatic carbocycles. The zero-order chi connectivity index (χ0) is 8.48. The molecule has 4 heteroatoms. The maximum atomic E-state index is 10.5. The van der Waals surface area contributed by atoms with Gasteiger partial charge in [-0.3, -0.25) is 0 Å². The molecule has 1 rings (SSSR count). The molecule has 0 aromatic heterocycles. The minimum absolute atomic E-state index is 0.156. The van der Waals surface area contributed by atoms with Crippen LogP contribution in [0.4, 0.5) is 0 Å². The molecule has 4 nitrogen and oxygen atoms in total. The molecular weight excluding hydrogens is 148 g/mol. The standard InChI is InChI=1S/C7H12O4/c8-5-1-3-7(11,4-2-5)6(9)10/h5,8,11H,1-4H2,(H,9,10). The zero-order valence-corrected chi connectivity index (χ0v) is 6.16. The lowest BCUT2D eigenvalue weighted by Gasteiger charge is -2.30. The van der Waals surface area contributed by atoms with Gasteiger partial charge in [0.1, 0.15) is 0 Å². The van der Waals surface area contributed by atoms with E-state index in [1.54, 1.807) is 0 Å². The highest BCUT2D eigenvalue weighted by Gasteiger charge is 2.39. The van der Waals surface area contributed by atoms with Crippen LogP contribution in [-0.2, 0) is 4.79 Å². The summed E-state index contributed by atoms with van der Waals surface area (Å²) in [5.74, 6) is -1.18. The Balaban J connectivity index is 2.55. The van der Waals surface area contributed by atoms with E-state index >= 15 is 0 Å². The van der Waals surface area contributed by atoms with Crippen molar-refractivity contribution in [2.24, 2.45) is 0 Å². The fraction of sp³-hybridized carbons (Fsp3) is 0.857. The van der Waals surface area contributed by atoms with Gasteiger partial charge in [-0.15, -0.1) is 0 Å². The lowest BCUT2D eigenvalue weighted by Crippen LogP contribution is -2.43. The topological polar surface area (TPSA) is 77.8 Å². The third kappa shape index (κ3) is 1.70. The lowest BCUT2D eigenvalue weighted by molar-refractivity contribution is -0.163. The first-order valence-corrected chi connectivity index (χ1v) is 3.68. The maximum Gasteiger partial charge on any atom is 0.335 e. The molecule has 1 fully saturated rings. The van der Waals surface area contributed by atoms with Gasteiger partial charge < -0.3 is 15.3 Å². The molecule has 0 amide bonds. The molecule has 0 unspecified atom stereocenters. The number of carboxylic acids is 1. The monoisotopic (exact) mass is 160 g/mol. The van der Waals surface area contributed by atoms with Crippen molar-refractivity contribution in [1.82, 2.24) is 0 Å². The van der Waals surface area contributed by atoms with Crippen molar-refractivity contribution in [3.63, 3.8) is 0 Å². The highest BCUT2D eigenvalue weighted by Crippen LogP contribution is 2.28. The van der Waals surface area contributed by atoms with Gasteiger partial charge in [-0.2, -0.15) is 0 Å². The Morgan fingerprint density at radius 2 is 1.82 bits per heavy atom. The first-order chi connectivity index (χ1) is 5.04. The molecule has 0 aliphatic heterocycles. The van der Waals surface area contributed by atoms with E-state index in [1.807, 2.05) is 0 Å². The molecule has 3 N–H and O–H groups in total. The van der Waals surface area contributed by atoms with Gasteiger partial charge in [0.05, 0.1) is 6.10 Å². The average molecular weight is 160 g/mol. The van der Waals surface area contributed by atoms with Gasteiger partial charge >= 0.3 is 5.97 Å². The van der Waals surface area contributed by atoms with Crippen LogP contribution < -0.4 is 0 Å². The van der Waals surface area contributed by atoms with E-state index in [1.165, 1.54) is 0 Å². The van der Waals surface area contributed by atoms with Crippen molar-refractivity contribution in [3.8, 4) is 0 Å². The predicted molar refractivity (Wildman–Crippen MR) is 37.1 cm³/mol. The summed E-state index contributed by atoms with van der Waals surface area (Å²) in [5, 5.41) is 26.9. The fourth-order valence-electron chi connectivity index (χ4n) is 1.29. The highest BCUT2D eigenvalue weighted by atomic mass is 16.4. The van der Waals surface area contributed by atoms with Crippen molar-refractivity contribution in [1.29, 1.82) is 0 Å². The van der Waals surface area contributed by atoms with Gasteiger partial charge in [-0.05, 0) is 25.7 Å². The van der Waals surface area contributed by atoms with Crippen LogP contribution in [0.3, 0.4) is 0 Å². The Kier molecular flexibility index (Phi) is 2.15. The second kappa shape index (κ2) is 2.79. The number of aliphatic carboxylic acids is 1. The van der Waals surface area contributed by atoms with Crippen LogP contribution >= 0.6 is 0 Å². The number of hydrogen-bond acceptors (Lipinski definition) is 3. The van der Waals surface area contributed by atoms with E-state index in [2.05, 4.69) is 0 Å². The van der Waals surface area contributed by atoms with Gasteiger partial charge in [0, 0.05) is 0 Å². The van der Waals surface area contributed by atoms with E-state index in [9.17, 15) is 9.90 Å². The third-order valence-electron chi connectivity index (χ3n) is 2.18. The van der Waals surface area contributed by atoms with Crippen LogP contribution in [0, 0.1) is 0 Å². The van der Waals surface area contributed by atoms with Gasteiger partial charge in [-0.1, -0.05) is 0 Å². The summed E-state index contributed by atoms with van der Waals surface area (Å²) in [7, 11) is 0. The Hall–Kier alpha value is -0.610. The summed E-state index contributed by atoms with van der Waals surface area (Å²) in [6.45, 7) is 0. The van der Waals surface area contributed by atoms with Crippen LogP contribution in [0.2, 0.25) is 0 Å². The number of hydrogen-bond donors (Lipinski definition) is 3. The SMILES string of the molecule is O=C(O)C1(O)CCC(O)CC1. The Morgan fingerprint density at radius 1 is 1.36 bits per heavy atom. The van der Waals surface area contributed by atoms with Crippen LogP contribution in [-0.4, -0.2) is 33.0 Å². The summed E-state index contributed by atoms with van der Waals surface area (Å²) in [4.78, 5) is 10.5. The first-order valence-electron chi connectivity index (χ1n) is 3.68. The molecule has 1 aliphatic rings. The summed E-state index contributed by atoms with van der Waals surface area (Å²) >= 11 is 0. The van der Waals surface area contributed by atoms with Gasteiger partial charge in [-0.25, -0.2) is 4.79 Å². The normalized spacial score (nSPS) is 38.5. The smallest absolute Gasteiger partial charge is 0.335 e. The molecular formula is C7H12O4. The Bertz CT molecular complexity index is 158. The number of aliphatic hydroxyl groups excluding tert-OH is 1. The Labute approximate surface area is 64.5 Å². The zero-order valence-electron chi connectivity index (χ0n) is 6.16. The van der Waals surface area contributed by atoms with E-state index in [0.717, 1.165) is 0 Å². The second-order valence-corrected chi connectivity index (χ2v) is 3.07. The average Bonchev–Trinajstić information content (AvgIpc) is 1.95. The van der Waals surface area contributed by atoms with Crippen molar-refractivity contribution in [2.45, 2.75) is 37.4 Å². The maximum absolute atomic E-state index is 10.5. The first kappa shape index (κ1) is 8.49. The van der Waals surface area contributed by atoms with Crippen molar-refractivity contribution >= 4 is 5.97 Å². The molecule has 0 aromatic rings. The van der Waals surface area contributed by atoms with E-state index in [4.69, 9.17) is 10.2 Å². The minimum Gasteiger partial charge on any atom is -0.479 e. The number of carboxylic acid groups (broad SMARTS) is 1. The fourth-order valence-corrected chi connectivity index (χ4v) is 1.29. The summed E-state index contributed by atoms with van der Waals surface area (Å²) in [6.07, 6.45) is 0.633. The van der Waals surface area contributed by atoms with Gasteiger partial charge in [0.2, 0.25) is 0 Å². The lowest BCUT2D eigenvalue weighted by atomic mass is 9.83. The molecule has 1 saturated carbocycles. The minimum atomic E-state index is -1.58. The van der Waals surface area contributed by atoms with Crippen LogP contribution in [0.25, 0.3) is 0 Å². The van der Waals surface area contributed by atoms with Crippen LogP contribution in [0.5, 0.6) is 0 Å². The summed E-state index contributed by atoms with van der Waals surface area (Å²) in [6, 6.07) is 0. The summed E-state index contributed by atoms with van der Waals surface area (Å²) < 4.78 is 0.